The zero-order valence-electron chi connectivity index (χ0n) is 13.1. The number of rotatable bonds is 10. The molecule has 9 heteroatoms. The molecular weight excluding hydrogens is 306 g/mol. The summed E-state index contributed by atoms with van der Waals surface area (Å²) in [6, 6.07) is 0. The summed E-state index contributed by atoms with van der Waals surface area (Å²) in [5.74, 6) is -0.523. The van der Waals surface area contributed by atoms with Crippen LogP contribution >= 0.6 is 0 Å². The molecule has 0 bridgehead atoms. The minimum Gasteiger partial charge on any atom is -0.377 e. The fraction of sp³-hybridized carbons (Fsp3) is 0.714. The van der Waals surface area contributed by atoms with E-state index in [9.17, 15) is 14.0 Å². The standard InChI is InChI=1S/C14H21FN4O4/c1-11-8-13(20)19(14(11)21)4-7-23-10-12-9-18(17-16-12)3-6-22-5-2-15/h9,11H,2-8,10H2,1H3/i15-1. The molecule has 8 nitrogen and oxygen atoms in total. The van der Waals surface area contributed by atoms with E-state index in [1.54, 1.807) is 17.8 Å². The monoisotopic (exact) mass is 327 g/mol. The van der Waals surface area contributed by atoms with Crippen molar-refractivity contribution in [3.63, 3.8) is 0 Å². The molecule has 1 aromatic rings. The van der Waals surface area contributed by atoms with Crippen molar-refractivity contribution in [3.8, 4) is 0 Å². The molecule has 0 spiro atoms. The van der Waals surface area contributed by atoms with E-state index in [0.29, 0.717) is 18.8 Å². The van der Waals surface area contributed by atoms with Crippen LogP contribution in [0.4, 0.5) is 4.39 Å². The van der Waals surface area contributed by atoms with E-state index in [-0.39, 0.29) is 50.5 Å². The van der Waals surface area contributed by atoms with Gasteiger partial charge >= 0.3 is 0 Å². The third-order valence-corrected chi connectivity index (χ3v) is 3.45. The Kier molecular flexibility index (Phi) is 6.60. The summed E-state index contributed by atoms with van der Waals surface area (Å²) in [6.07, 6.45) is 1.99. The molecule has 128 valence electrons. The second kappa shape index (κ2) is 8.68. The zero-order chi connectivity index (χ0) is 16.7. The van der Waals surface area contributed by atoms with E-state index in [1.165, 1.54) is 4.90 Å². The molecule has 2 amide bonds. The number of imide groups is 1. The van der Waals surface area contributed by atoms with Crippen LogP contribution in [-0.4, -0.2) is 64.7 Å². The summed E-state index contributed by atoms with van der Waals surface area (Å²) in [5, 5.41) is 7.84. The van der Waals surface area contributed by atoms with E-state index in [0.717, 1.165) is 0 Å². The number of hydrogen-bond acceptors (Lipinski definition) is 6. The number of hydrogen-bond donors (Lipinski definition) is 0. The fourth-order valence-electron chi connectivity index (χ4n) is 2.24. The summed E-state index contributed by atoms with van der Waals surface area (Å²) in [5.41, 5.74) is 0.642. The van der Waals surface area contributed by atoms with Crippen LogP contribution in [0.2, 0.25) is 0 Å². The maximum atomic E-state index is 11.9. The molecule has 1 aliphatic heterocycles. The number of amides is 2. The zero-order valence-corrected chi connectivity index (χ0v) is 13.1. The number of carbonyl (C=O) groups excluding carboxylic acids is 2. The SMILES string of the molecule is CC1CC(=O)N(CCOCc2cn(CCOCC[18F])nn2)C1=O. The van der Waals surface area contributed by atoms with Gasteiger partial charge in [0.2, 0.25) is 11.8 Å². The molecule has 0 N–H and O–H groups in total. The smallest absolute Gasteiger partial charge is 0.232 e. The van der Waals surface area contributed by atoms with Crippen molar-refractivity contribution in [1.29, 1.82) is 0 Å². The lowest BCUT2D eigenvalue weighted by atomic mass is 10.1. The van der Waals surface area contributed by atoms with Crippen molar-refractivity contribution >= 4 is 11.8 Å². The Morgan fingerprint density at radius 3 is 2.74 bits per heavy atom. The van der Waals surface area contributed by atoms with Crippen LogP contribution in [0.25, 0.3) is 0 Å². The molecule has 1 atom stereocenters. The molecule has 23 heavy (non-hydrogen) atoms. The molecule has 2 rings (SSSR count). The first-order chi connectivity index (χ1) is 11.1. The Morgan fingerprint density at radius 2 is 2.04 bits per heavy atom. The van der Waals surface area contributed by atoms with Crippen LogP contribution in [-0.2, 0) is 32.2 Å². The van der Waals surface area contributed by atoms with Gasteiger partial charge in [0, 0.05) is 12.3 Å². The lowest BCUT2D eigenvalue weighted by Crippen LogP contribution is -2.33. The Labute approximate surface area is 133 Å². The normalized spacial score (nSPS) is 18.2. The quantitative estimate of drug-likeness (QED) is 0.450. The van der Waals surface area contributed by atoms with Crippen LogP contribution in [0.15, 0.2) is 6.20 Å². The van der Waals surface area contributed by atoms with Crippen molar-refractivity contribution in [1.82, 2.24) is 19.9 Å². The number of likely N-dealkylation sites (tertiary alicyclic amines) is 1. The summed E-state index contributed by atoms with van der Waals surface area (Å²) >= 11 is 0. The first-order valence-electron chi connectivity index (χ1n) is 7.56. The molecule has 1 aliphatic rings. The highest BCUT2D eigenvalue weighted by Gasteiger charge is 2.34. The van der Waals surface area contributed by atoms with E-state index in [4.69, 9.17) is 9.47 Å². The van der Waals surface area contributed by atoms with Crippen LogP contribution in [0, 0.1) is 5.92 Å². The van der Waals surface area contributed by atoms with Gasteiger partial charge in [-0.05, 0) is 0 Å². The van der Waals surface area contributed by atoms with Crippen molar-refractivity contribution in [2.45, 2.75) is 26.5 Å². The van der Waals surface area contributed by atoms with Gasteiger partial charge in [0.15, 0.2) is 0 Å². The van der Waals surface area contributed by atoms with Gasteiger partial charge < -0.3 is 9.47 Å². The molecule has 0 aliphatic carbocycles. The van der Waals surface area contributed by atoms with E-state index < -0.39 is 6.67 Å². The average Bonchev–Trinajstić information content (AvgIpc) is 3.07. The highest BCUT2D eigenvalue weighted by Crippen LogP contribution is 2.18. The van der Waals surface area contributed by atoms with Crippen LogP contribution in [0.1, 0.15) is 19.0 Å². The fourth-order valence-corrected chi connectivity index (χ4v) is 2.24. The topological polar surface area (TPSA) is 86.6 Å². The average molecular weight is 327 g/mol. The molecule has 2 heterocycles. The highest BCUT2D eigenvalue weighted by atomic mass is 18.2. The largest absolute Gasteiger partial charge is 0.377 e. The van der Waals surface area contributed by atoms with Gasteiger partial charge in [-0.25, -0.2) is 9.07 Å². The minimum absolute atomic E-state index is 0.0806. The molecule has 0 radical (unpaired) electrons. The van der Waals surface area contributed by atoms with Gasteiger partial charge in [0.1, 0.15) is 12.4 Å². The second-order valence-corrected chi connectivity index (χ2v) is 5.32. The van der Waals surface area contributed by atoms with Crippen molar-refractivity contribution in [2.75, 3.05) is 33.0 Å². The van der Waals surface area contributed by atoms with Crippen LogP contribution in [0.5, 0.6) is 0 Å². The first kappa shape index (κ1) is 17.5. The van der Waals surface area contributed by atoms with Crippen LogP contribution < -0.4 is 0 Å². The number of ether oxygens (including phenoxy) is 2. The summed E-state index contributed by atoms with van der Waals surface area (Å²) in [6.45, 7) is 2.94. The summed E-state index contributed by atoms with van der Waals surface area (Å²) in [7, 11) is 0. The number of nitrogens with zero attached hydrogens (tertiary/aromatic N) is 4. The second-order valence-electron chi connectivity index (χ2n) is 5.32. The van der Waals surface area contributed by atoms with Gasteiger partial charge in [-0.2, -0.15) is 0 Å². The molecule has 0 aromatic carbocycles. The molecule has 0 saturated carbocycles. The van der Waals surface area contributed by atoms with Gasteiger partial charge in [-0.1, -0.05) is 12.1 Å². The molecule has 1 unspecified atom stereocenters. The van der Waals surface area contributed by atoms with Crippen LogP contribution in [0.3, 0.4) is 0 Å². The van der Waals surface area contributed by atoms with Crippen molar-refractivity contribution in [3.05, 3.63) is 11.9 Å². The number of carbonyl (C=O) groups is 2. The Balaban J connectivity index is 1.64. The van der Waals surface area contributed by atoms with Gasteiger partial charge in [-0.3, -0.25) is 14.5 Å². The molecule has 1 saturated heterocycles. The maximum absolute atomic E-state index is 11.9. The molecule has 1 aromatic heterocycles. The summed E-state index contributed by atoms with van der Waals surface area (Å²) in [4.78, 5) is 24.6. The van der Waals surface area contributed by atoms with Gasteiger partial charge in [0.05, 0.1) is 45.7 Å². The molecular formula is C14H21FN4O4. The lowest BCUT2D eigenvalue weighted by Gasteiger charge is -2.13. The predicted octanol–water partition coefficient (Wildman–Crippen LogP) is 0.176. The van der Waals surface area contributed by atoms with E-state index in [2.05, 4.69) is 10.3 Å². The van der Waals surface area contributed by atoms with E-state index in [1.807, 2.05) is 0 Å². The van der Waals surface area contributed by atoms with Gasteiger partial charge in [0.25, 0.3) is 0 Å². The first-order valence-corrected chi connectivity index (χ1v) is 7.56. The number of halogens is 1. The summed E-state index contributed by atoms with van der Waals surface area (Å²) < 4.78 is 23.9. The minimum atomic E-state index is -0.503. The Morgan fingerprint density at radius 1 is 1.26 bits per heavy atom. The maximum Gasteiger partial charge on any atom is 0.232 e. The van der Waals surface area contributed by atoms with E-state index >= 15 is 0 Å². The number of alkyl halides is 1. The third kappa shape index (κ3) is 5.07. The van der Waals surface area contributed by atoms with Gasteiger partial charge in [-0.15, -0.1) is 5.10 Å². The Bertz CT molecular complexity index is 537. The predicted molar refractivity (Wildman–Crippen MR) is 77.0 cm³/mol. The number of aromatic nitrogens is 3. The lowest BCUT2D eigenvalue weighted by molar-refractivity contribution is -0.140. The highest BCUT2D eigenvalue weighted by molar-refractivity contribution is 6.03. The van der Waals surface area contributed by atoms with Crippen molar-refractivity contribution < 1.29 is 23.5 Å². The molecule has 1 fully saturated rings. The third-order valence-electron chi connectivity index (χ3n) is 3.45. The Hall–Kier alpha value is -1.87. The van der Waals surface area contributed by atoms with Crippen molar-refractivity contribution in [2.24, 2.45) is 5.92 Å².